The van der Waals surface area contributed by atoms with E-state index in [1.807, 2.05) is 26.8 Å². The van der Waals surface area contributed by atoms with Crippen LogP contribution in [0.1, 0.15) is 31.4 Å². The van der Waals surface area contributed by atoms with Crippen LogP contribution < -0.4 is 15.4 Å². The third kappa shape index (κ3) is 8.75. The fourth-order valence-corrected chi connectivity index (χ4v) is 4.07. The topological polar surface area (TPSA) is 75.1 Å². The van der Waals surface area contributed by atoms with Crippen molar-refractivity contribution in [3.63, 3.8) is 0 Å². The number of ether oxygens (including phenoxy) is 2. The fourth-order valence-electron chi connectivity index (χ4n) is 2.77. The normalized spacial score (nSPS) is 19.2. The second-order valence-electron chi connectivity index (χ2n) is 6.73. The molecule has 0 aromatic heterocycles. The summed E-state index contributed by atoms with van der Waals surface area (Å²) in [5.74, 6) is 3.34. The van der Waals surface area contributed by atoms with E-state index in [-0.39, 0.29) is 24.0 Å². The summed E-state index contributed by atoms with van der Waals surface area (Å²) in [6, 6.07) is 6.16. The number of nitrogens with zero attached hydrogens (tertiary/aromatic N) is 1. The molecule has 1 fully saturated rings. The van der Waals surface area contributed by atoms with Crippen molar-refractivity contribution in [3.8, 4) is 5.75 Å². The maximum atomic E-state index is 10.5. The Hall–Kier alpha value is -0.710. The van der Waals surface area contributed by atoms with Crippen LogP contribution in [-0.2, 0) is 11.3 Å². The van der Waals surface area contributed by atoms with Gasteiger partial charge >= 0.3 is 0 Å². The van der Waals surface area contributed by atoms with Gasteiger partial charge in [0.05, 0.1) is 18.8 Å². The number of aliphatic imine (C=N–C) groups is 1. The molecule has 0 radical (unpaired) electrons. The van der Waals surface area contributed by atoms with Gasteiger partial charge in [-0.1, -0.05) is 12.1 Å². The van der Waals surface area contributed by atoms with E-state index < -0.39 is 5.60 Å². The molecule has 0 aliphatic carbocycles. The summed E-state index contributed by atoms with van der Waals surface area (Å²) in [7, 11) is 0. The van der Waals surface area contributed by atoms with Crippen molar-refractivity contribution in [1.82, 2.24) is 10.6 Å². The van der Waals surface area contributed by atoms with Gasteiger partial charge in [-0.05, 0) is 44.6 Å². The summed E-state index contributed by atoms with van der Waals surface area (Å²) in [5, 5.41) is 17.0. The molecule has 1 heterocycles. The van der Waals surface area contributed by atoms with Gasteiger partial charge in [0.1, 0.15) is 12.4 Å². The number of halogens is 1. The molecule has 1 saturated heterocycles. The van der Waals surface area contributed by atoms with Crippen molar-refractivity contribution in [1.29, 1.82) is 0 Å². The fraction of sp³-hybridized carbons (Fsp3) is 0.650. The van der Waals surface area contributed by atoms with Gasteiger partial charge in [-0.2, -0.15) is 11.8 Å². The first-order chi connectivity index (χ1) is 13.1. The zero-order valence-electron chi connectivity index (χ0n) is 17.1. The van der Waals surface area contributed by atoms with E-state index in [0.717, 1.165) is 41.3 Å². The summed E-state index contributed by atoms with van der Waals surface area (Å²) in [5.41, 5.74) is 1.54. The van der Waals surface area contributed by atoms with Crippen molar-refractivity contribution < 1.29 is 14.6 Å². The van der Waals surface area contributed by atoms with Gasteiger partial charge in [0, 0.05) is 31.0 Å². The van der Waals surface area contributed by atoms with Crippen LogP contribution in [0.25, 0.3) is 0 Å². The highest BCUT2D eigenvalue weighted by Gasteiger charge is 2.31. The first-order valence-electron chi connectivity index (χ1n) is 9.68. The molecule has 28 heavy (non-hydrogen) atoms. The molecule has 160 valence electrons. The second kappa shape index (κ2) is 13.5. The van der Waals surface area contributed by atoms with Gasteiger partial charge in [-0.25, -0.2) is 4.99 Å². The number of nitrogens with one attached hydrogen (secondary N) is 2. The molecule has 3 N–H and O–H groups in total. The number of aliphatic hydroxyl groups is 1. The number of aryl methyl sites for hydroxylation is 1. The van der Waals surface area contributed by atoms with E-state index >= 15 is 0 Å². The average Bonchev–Trinajstić information content (AvgIpc) is 3.09. The molecule has 1 atom stereocenters. The Balaban J connectivity index is 0.00000392. The predicted molar refractivity (Wildman–Crippen MR) is 128 cm³/mol. The summed E-state index contributed by atoms with van der Waals surface area (Å²) >= 11 is 1.79. The Labute approximate surface area is 190 Å². The van der Waals surface area contributed by atoms with Crippen LogP contribution in [-0.4, -0.2) is 61.1 Å². The minimum atomic E-state index is -0.641. The number of thioether (sulfide) groups is 1. The van der Waals surface area contributed by atoms with E-state index in [0.29, 0.717) is 38.9 Å². The Morgan fingerprint density at radius 1 is 1.29 bits per heavy atom. The summed E-state index contributed by atoms with van der Waals surface area (Å²) < 4.78 is 11.2. The third-order valence-corrected chi connectivity index (χ3v) is 5.57. The first-order valence-corrected chi connectivity index (χ1v) is 10.8. The van der Waals surface area contributed by atoms with E-state index in [1.165, 1.54) is 0 Å². The highest BCUT2D eigenvalue weighted by molar-refractivity contribution is 14.0. The molecular formula is C20H34IN3O3S. The minimum absolute atomic E-state index is 0. The molecule has 6 nitrogen and oxygen atoms in total. The lowest BCUT2D eigenvalue weighted by Crippen LogP contribution is -2.47. The lowest BCUT2D eigenvalue weighted by Gasteiger charge is -2.23. The van der Waals surface area contributed by atoms with Gasteiger partial charge in [0.25, 0.3) is 0 Å². The molecule has 0 spiro atoms. The van der Waals surface area contributed by atoms with Crippen molar-refractivity contribution in [2.24, 2.45) is 4.99 Å². The predicted octanol–water partition coefficient (Wildman–Crippen LogP) is 2.95. The molecule has 1 aromatic carbocycles. The standard InChI is InChI=1S/C20H33N3O3S.HI/c1-4-21-19(23-14-20(24)8-11-27-15-20)22-13-17-7-6-16(3)12-18(17)26-10-9-25-5-2;/h6-7,12,24H,4-5,8-11,13-15H2,1-3H3,(H2,21,22,23);1H. The molecule has 1 unspecified atom stereocenters. The van der Waals surface area contributed by atoms with Gasteiger partial charge in [0.15, 0.2) is 5.96 Å². The Morgan fingerprint density at radius 3 is 2.79 bits per heavy atom. The van der Waals surface area contributed by atoms with E-state index in [1.54, 1.807) is 11.8 Å². The van der Waals surface area contributed by atoms with Crippen LogP contribution in [0.5, 0.6) is 5.75 Å². The Kier molecular flexibility index (Phi) is 12.2. The summed E-state index contributed by atoms with van der Waals surface area (Å²) in [4.78, 5) is 4.68. The zero-order valence-corrected chi connectivity index (χ0v) is 20.3. The first kappa shape index (κ1) is 25.3. The third-order valence-electron chi connectivity index (χ3n) is 4.33. The second-order valence-corrected chi connectivity index (χ2v) is 7.84. The van der Waals surface area contributed by atoms with Crippen LogP contribution in [0.15, 0.2) is 23.2 Å². The highest BCUT2D eigenvalue weighted by Crippen LogP contribution is 2.27. The summed E-state index contributed by atoms with van der Waals surface area (Å²) in [6.07, 6.45) is 0.819. The molecule has 1 aliphatic heterocycles. The van der Waals surface area contributed by atoms with Crippen molar-refractivity contribution in [3.05, 3.63) is 29.3 Å². The average molecular weight is 523 g/mol. The lowest BCUT2D eigenvalue weighted by molar-refractivity contribution is 0.0724. The van der Waals surface area contributed by atoms with Crippen LogP contribution in [0.4, 0.5) is 0 Å². The van der Waals surface area contributed by atoms with Crippen molar-refractivity contribution in [2.75, 3.05) is 44.4 Å². The van der Waals surface area contributed by atoms with Crippen LogP contribution in [0.2, 0.25) is 0 Å². The van der Waals surface area contributed by atoms with E-state index in [2.05, 4.69) is 27.8 Å². The van der Waals surface area contributed by atoms with Crippen molar-refractivity contribution >= 4 is 41.7 Å². The van der Waals surface area contributed by atoms with Crippen LogP contribution in [0.3, 0.4) is 0 Å². The Bertz CT molecular complexity index is 610. The van der Waals surface area contributed by atoms with Gasteiger partial charge in [0.2, 0.25) is 0 Å². The van der Waals surface area contributed by atoms with Gasteiger partial charge in [-0.15, -0.1) is 24.0 Å². The molecule has 8 heteroatoms. The number of benzene rings is 1. The number of rotatable bonds is 10. The van der Waals surface area contributed by atoms with E-state index in [9.17, 15) is 5.11 Å². The minimum Gasteiger partial charge on any atom is -0.491 e. The lowest BCUT2D eigenvalue weighted by atomic mass is 10.0. The Morgan fingerprint density at radius 2 is 2.11 bits per heavy atom. The number of hydrogen-bond donors (Lipinski definition) is 3. The van der Waals surface area contributed by atoms with Crippen LogP contribution in [0, 0.1) is 6.92 Å². The van der Waals surface area contributed by atoms with Gasteiger partial charge in [-0.3, -0.25) is 0 Å². The number of hydrogen-bond acceptors (Lipinski definition) is 5. The maximum Gasteiger partial charge on any atom is 0.191 e. The molecular weight excluding hydrogens is 489 g/mol. The summed E-state index contributed by atoms with van der Waals surface area (Å²) in [6.45, 7) is 9.64. The zero-order chi connectivity index (χ0) is 19.5. The largest absolute Gasteiger partial charge is 0.491 e. The quantitative estimate of drug-likeness (QED) is 0.190. The molecule has 0 bridgehead atoms. The van der Waals surface area contributed by atoms with Crippen molar-refractivity contribution in [2.45, 2.75) is 39.3 Å². The molecule has 0 amide bonds. The smallest absolute Gasteiger partial charge is 0.191 e. The maximum absolute atomic E-state index is 10.5. The SMILES string of the molecule is CCNC(=NCc1ccc(C)cc1OCCOCC)NCC1(O)CCSC1.I. The molecule has 0 saturated carbocycles. The van der Waals surface area contributed by atoms with Crippen LogP contribution >= 0.6 is 35.7 Å². The van der Waals surface area contributed by atoms with Gasteiger partial charge < -0.3 is 25.2 Å². The highest BCUT2D eigenvalue weighted by atomic mass is 127. The molecule has 1 aliphatic rings. The molecule has 2 rings (SSSR count). The monoisotopic (exact) mass is 523 g/mol. The number of guanidine groups is 1. The van der Waals surface area contributed by atoms with E-state index in [4.69, 9.17) is 9.47 Å². The molecule has 1 aromatic rings.